The summed E-state index contributed by atoms with van der Waals surface area (Å²) >= 11 is 0. The van der Waals surface area contributed by atoms with Gasteiger partial charge in [-0.25, -0.2) is 4.39 Å². The summed E-state index contributed by atoms with van der Waals surface area (Å²) in [7, 11) is -0.666. The van der Waals surface area contributed by atoms with Crippen LogP contribution < -0.4 is 0 Å². The molecule has 1 saturated heterocycles. The molecule has 1 N–H and O–H groups in total. The zero-order chi connectivity index (χ0) is 15.8. The molecule has 0 atom stereocenters. The Bertz CT molecular complexity index is 551. The molecule has 0 spiro atoms. The zero-order valence-electron chi connectivity index (χ0n) is 13.2. The van der Waals surface area contributed by atoms with E-state index >= 15 is 0 Å². The summed E-state index contributed by atoms with van der Waals surface area (Å²) in [6.07, 6.45) is 1.59. The Hall–Kier alpha value is -1.17. The fraction of sp³-hybridized carbons (Fsp3) is 0.500. The van der Waals surface area contributed by atoms with Crippen molar-refractivity contribution >= 4 is 13.2 Å². The molecule has 21 heavy (non-hydrogen) atoms. The molecular formula is C16H22BFO3. The first-order valence-corrected chi connectivity index (χ1v) is 7.09. The standard InChI is InChI=1S/C16H22BFO3/c1-11-6-7-12(14(18)8-11)9-13(10-19)17-20-15(2,3)16(4,5)21-17/h6-9,19H,10H2,1-5H3. The van der Waals surface area contributed by atoms with E-state index in [1.54, 1.807) is 12.1 Å². The van der Waals surface area contributed by atoms with E-state index in [0.29, 0.717) is 11.0 Å². The number of rotatable bonds is 3. The van der Waals surface area contributed by atoms with E-state index < -0.39 is 18.3 Å². The van der Waals surface area contributed by atoms with Crippen molar-refractivity contribution in [1.29, 1.82) is 0 Å². The summed E-state index contributed by atoms with van der Waals surface area (Å²) in [5, 5.41) is 9.58. The van der Waals surface area contributed by atoms with Gasteiger partial charge in [-0.15, -0.1) is 0 Å². The lowest BCUT2D eigenvalue weighted by atomic mass is 9.77. The topological polar surface area (TPSA) is 38.7 Å². The zero-order valence-corrected chi connectivity index (χ0v) is 13.2. The van der Waals surface area contributed by atoms with Crippen molar-refractivity contribution in [2.75, 3.05) is 6.61 Å². The van der Waals surface area contributed by atoms with Crippen molar-refractivity contribution in [2.45, 2.75) is 45.8 Å². The first-order valence-electron chi connectivity index (χ1n) is 7.09. The van der Waals surface area contributed by atoms with Gasteiger partial charge in [0.05, 0.1) is 17.8 Å². The van der Waals surface area contributed by atoms with Crippen LogP contribution in [-0.2, 0) is 9.31 Å². The quantitative estimate of drug-likeness (QED) is 0.870. The highest BCUT2D eigenvalue weighted by Gasteiger charge is 2.52. The summed E-state index contributed by atoms with van der Waals surface area (Å²) in [6, 6.07) is 4.98. The Morgan fingerprint density at radius 2 is 1.81 bits per heavy atom. The number of halogens is 1. The average Bonchev–Trinajstić information content (AvgIpc) is 2.57. The van der Waals surface area contributed by atoms with Gasteiger partial charge in [-0.3, -0.25) is 0 Å². The maximum absolute atomic E-state index is 13.9. The minimum atomic E-state index is -0.666. The molecule has 1 fully saturated rings. The molecule has 0 unspecified atom stereocenters. The second-order valence-corrected chi connectivity index (χ2v) is 6.49. The van der Waals surface area contributed by atoms with Crippen LogP contribution in [0, 0.1) is 12.7 Å². The van der Waals surface area contributed by atoms with Gasteiger partial charge in [0.15, 0.2) is 0 Å². The third-order valence-electron chi connectivity index (χ3n) is 4.24. The second-order valence-electron chi connectivity index (χ2n) is 6.49. The highest BCUT2D eigenvalue weighted by molar-refractivity contribution is 6.55. The number of aliphatic hydroxyl groups is 1. The predicted molar refractivity (Wildman–Crippen MR) is 82.3 cm³/mol. The van der Waals surface area contributed by atoms with E-state index in [-0.39, 0.29) is 12.4 Å². The molecule has 5 heteroatoms. The van der Waals surface area contributed by atoms with E-state index in [4.69, 9.17) is 9.31 Å². The van der Waals surface area contributed by atoms with Crippen LogP contribution in [0.3, 0.4) is 0 Å². The van der Waals surface area contributed by atoms with Gasteiger partial charge in [0.2, 0.25) is 0 Å². The van der Waals surface area contributed by atoms with Gasteiger partial charge >= 0.3 is 7.12 Å². The van der Waals surface area contributed by atoms with Crippen LogP contribution in [-0.4, -0.2) is 30.0 Å². The maximum Gasteiger partial charge on any atom is 0.492 e. The number of hydrogen-bond donors (Lipinski definition) is 1. The molecule has 0 radical (unpaired) electrons. The normalized spacial score (nSPS) is 20.9. The minimum Gasteiger partial charge on any atom is -0.400 e. The van der Waals surface area contributed by atoms with Crippen molar-refractivity contribution < 1.29 is 18.8 Å². The molecule has 0 aromatic heterocycles. The first kappa shape index (κ1) is 16.2. The lowest BCUT2D eigenvalue weighted by molar-refractivity contribution is 0.00578. The lowest BCUT2D eigenvalue weighted by Gasteiger charge is -2.32. The van der Waals surface area contributed by atoms with Gasteiger partial charge < -0.3 is 14.4 Å². The highest BCUT2D eigenvalue weighted by Crippen LogP contribution is 2.38. The Morgan fingerprint density at radius 1 is 1.24 bits per heavy atom. The van der Waals surface area contributed by atoms with E-state index in [1.165, 1.54) is 6.07 Å². The molecule has 0 aliphatic carbocycles. The largest absolute Gasteiger partial charge is 0.492 e. The molecule has 114 valence electrons. The molecule has 0 saturated carbocycles. The summed E-state index contributed by atoms with van der Waals surface area (Å²) in [5.74, 6) is -0.322. The van der Waals surface area contributed by atoms with Gasteiger partial charge in [-0.05, 0) is 51.7 Å². The number of benzene rings is 1. The molecular weight excluding hydrogens is 270 g/mol. The molecule has 3 nitrogen and oxygen atoms in total. The monoisotopic (exact) mass is 292 g/mol. The van der Waals surface area contributed by atoms with E-state index in [2.05, 4.69) is 0 Å². The second kappa shape index (κ2) is 5.56. The third kappa shape index (κ3) is 3.20. The van der Waals surface area contributed by atoms with E-state index in [1.807, 2.05) is 40.7 Å². The fourth-order valence-corrected chi connectivity index (χ4v) is 2.13. The maximum atomic E-state index is 13.9. The van der Waals surface area contributed by atoms with Gasteiger partial charge in [0.25, 0.3) is 0 Å². The highest BCUT2D eigenvalue weighted by atomic mass is 19.1. The molecule has 1 aromatic carbocycles. The molecule has 2 rings (SSSR count). The van der Waals surface area contributed by atoms with Gasteiger partial charge in [0, 0.05) is 5.56 Å². The molecule has 0 amide bonds. The summed E-state index contributed by atoms with van der Waals surface area (Å²) in [4.78, 5) is 0. The molecule has 1 aliphatic heterocycles. The fourth-order valence-electron chi connectivity index (χ4n) is 2.13. The number of hydrogen-bond acceptors (Lipinski definition) is 3. The summed E-state index contributed by atoms with van der Waals surface area (Å²) < 4.78 is 25.7. The molecule has 0 bridgehead atoms. The van der Waals surface area contributed by atoms with Crippen LogP contribution in [0.15, 0.2) is 23.7 Å². The smallest absolute Gasteiger partial charge is 0.400 e. The Morgan fingerprint density at radius 3 is 2.29 bits per heavy atom. The van der Waals surface area contributed by atoms with E-state index in [0.717, 1.165) is 5.56 Å². The third-order valence-corrected chi connectivity index (χ3v) is 4.24. The van der Waals surface area contributed by atoms with Gasteiger partial charge in [-0.2, -0.15) is 0 Å². The Labute approximate surface area is 125 Å². The van der Waals surface area contributed by atoms with Gasteiger partial charge in [0.1, 0.15) is 5.82 Å². The molecule has 1 heterocycles. The van der Waals surface area contributed by atoms with E-state index in [9.17, 15) is 9.50 Å². The van der Waals surface area contributed by atoms with Crippen LogP contribution in [0.1, 0.15) is 38.8 Å². The van der Waals surface area contributed by atoms with Gasteiger partial charge in [-0.1, -0.05) is 18.2 Å². The predicted octanol–water partition coefficient (Wildman–Crippen LogP) is 3.14. The lowest BCUT2D eigenvalue weighted by Crippen LogP contribution is -2.41. The van der Waals surface area contributed by atoms with Crippen LogP contribution in [0.5, 0.6) is 0 Å². The van der Waals surface area contributed by atoms with Crippen molar-refractivity contribution in [3.05, 3.63) is 40.6 Å². The van der Waals surface area contributed by atoms with Crippen molar-refractivity contribution in [1.82, 2.24) is 0 Å². The average molecular weight is 292 g/mol. The van der Waals surface area contributed by atoms with Crippen molar-refractivity contribution in [3.63, 3.8) is 0 Å². The molecule has 1 aliphatic rings. The van der Waals surface area contributed by atoms with Crippen molar-refractivity contribution in [2.24, 2.45) is 0 Å². The Balaban J connectivity index is 2.31. The number of aliphatic hydroxyl groups excluding tert-OH is 1. The molecule has 1 aromatic rings. The Kier molecular flexibility index (Phi) is 4.29. The van der Waals surface area contributed by atoms with Crippen LogP contribution in [0.2, 0.25) is 0 Å². The summed E-state index contributed by atoms with van der Waals surface area (Å²) in [5.41, 5.74) is 0.803. The number of aryl methyl sites for hydroxylation is 1. The summed E-state index contributed by atoms with van der Waals surface area (Å²) in [6.45, 7) is 9.34. The first-order chi connectivity index (χ1) is 9.66. The minimum absolute atomic E-state index is 0.246. The van der Waals surface area contributed by atoms with Crippen LogP contribution >= 0.6 is 0 Å². The van der Waals surface area contributed by atoms with Crippen LogP contribution in [0.25, 0.3) is 6.08 Å². The van der Waals surface area contributed by atoms with Crippen LogP contribution in [0.4, 0.5) is 4.39 Å². The SMILES string of the molecule is Cc1ccc(C=C(CO)B2OC(C)(C)C(C)(C)O2)c(F)c1. The van der Waals surface area contributed by atoms with Crippen molar-refractivity contribution in [3.8, 4) is 0 Å².